The Labute approximate surface area is 125 Å². The molecular formula is C16H22N2O3. The van der Waals surface area contributed by atoms with E-state index in [1.165, 1.54) is 0 Å². The van der Waals surface area contributed by atoms with E-state index < -0.39 is 5.97 Å². The first-order valence-corrected chi connectivity index (χ1v) is 6.92. The number of carboxylic acid groups (broad SMARTS) is 1. The van der Waals surface area contributed by atoms with Crippen LogP contribution in [0.2, 0.25) is 0 Å². The minimum Gasteiger partial charge on any atom is -0.481 e. The maximum absolute atomic E-state index is 12.2. The third-order valence-electron chi connectivity index (χ3n) is 2.81. The van der Waals surface area contributed by atoms with Crippen molar-refractivity contribution in [1.82, 2.24) is 10.2 Å². The molecule has 0 aliphatic heterocycles. The van der Waals surface area contributed by atoms with E-state index in [0.717, 1.165) is 11.1 Å². The molecule has 2 amide bonds. The van der Waals surface area contributed by atoms with Crippen LogP contribution >= 0.6 is 0 Å². The van der Waals surface area contributed by atoms with Crippen molar-refractivity contribution >= 4 is 12.0 Å². The van der Waals surface area contributed by atoms with Gasteiger partial charge in [-0.05, 0) is 18.9 Å². The fourth-order valence-corrected chi connectivity index (χ4v) is 1.88. The van der Waals surface area contributed by atoms with Crippen molar-refractivity contribution in [2.75, 3.05) is 13.1 Å². The third kappa shape index (κ3) is 7.15. The SMILES string of the molecule is C=C(C)CN(Cc1ccccc1)C(=O)NCCCC(=O)O. The van der Waals surface area contributed by atoms with Crippen LogP contribution in [0.3, 0.4) is 0 Å². The summed E-state index contributed by atoms with van der Waals surface area (Å²) in [6.45, 7) is 7.03. The lowest BCUT2D eigenvalue weighted by Gasteiger charge is -2.23. The summed E-state index contributed by atoms with van der Waals surface area (Å²) in [5.41, 5.74) is 1.94. The Bertz CT molecular complexity index is 486. The van der Waals surface area contributed by atoms with Gasteiger partial charge in [0.2, 0.25) is 0 Å². The van der Waals surface area contributed by atoms with Gasteiger partial charge in [0.15, 0.2) is 0 Å². The first-order valence-electron chi connectivity index (χ1n) is 6.92. The van der Waals surface area contributed by atoms with Crippen molar-refractivity contribution in [3.63, 3.8) is 0 Å². The summed E-state index contributed by atoms with van der Waals surface area (Å²) in [7, 11) is 0. The Hall–Kier alpha value is -2.30. The smallest absolute Gasteiger partial charge is 0.317 e. The largest absolute Gasteiger partial charge is 0.481 e. The van der Waals surface area contributed by atoms with Crippen molar-refractivity contribution in [3.8, 4) is 0 Å². The van der Waals surface area contributed by atoms with E-state index >= 15 is 0 Å². The van der Waals surface area contributed by atoms with Gasteiger partial charge in [-0.1, -0.05) is 42.5 Å². The molecule has 5 heteroatoms. The molecular weight excluding hydrogens is 268 g/mol. The quantitative estimate of drug-likeness (QED) is 0.571. The first kappa shape index (κ1) is 16.8. The van der Waals surface area contributed by atoms with E-state index in [1.54, 1.807) is 4.90 Å². The Balaban J connectivity index is 2.53. The zero-order chi connectivity index (χ0) is 15.7. The summed E-state index contributed by atoms with van der Waals surface area (Å²) in [6, 6.07) is 9.51. The molecule has 0 bridgehead atoms. The minimum absolute atomic E-state index is 0.0550. The Morgan fingerprint density at radius 2 is 1.95 bits per heavy atom. The predicted molar refractivity (Wildman–Crippen MR) is 81.9 cm³/mol. The van der Waals surface area contributed by atoms with Gasteiger partial charge in [-0.2, -0.15) is 0 Å². The van der Waals surface area contributed by atoms with Crippen molar-refractivity contribution in [2.24, 2.45) is 0 Å². The fraction of sp³-hybridized carbons (Fsp3) is 0.375. The standard InChI is InChI=1S/C16H22N2O3/c1-13(2)11-18(12-14-7-4-3-5-8-14)16(21)17-10-6-9-15(19)20/h3-5,7-8H,1,6,9-12H2,2H3,(H,17,21)(H,19,20). The van der Waals surface area contributed by atoms with Crippen LogP contribution in [0, 0.1) is 0 Å². The highest BCUT2D eigenvalue weighted by atomic mass is 16.4. The molecule has 0 aliphatic carbocycles. The van der Waals surface area contributed by atoms with Gasteiger partial charge in [-0.3, -0.25) is 4.79 Å². The van der Waals surface area contributed by atoms with Crippen LogP contribution in [-0.2, 0) is 11.3 Å². The molecule has 2 N–H and O–H groups in total. The van der Waals surface area contributed by atoms with Crippen molar-refractivity contribution in [1.29, 1.82) is 0 Å². The van der Waals surface area contributed by atoms with Crippen LogP contribution in [0.5, 0.6) is 0 Å². The van der Waals surface area contributed by atoms with Crippen molar-refractivity contribution in [2.45, 2.75) is 26.3 Å². The molecule has 0 fully saturated rings. The Morgan fingerprint density at radius 1 is 1.29 bits per heavy atom. The normalized spacial score (nSPS) is 9.95. The van der Waals surface area contributed by atoms with Gasteiger partial charge in [0.1, 0.15) is 0 Å². The number of amides is 2. The average molecular weight is 290 g/mol. The maximum Gasteiger partial charge on any atom is 0.317 e. The third-order valence-corrected chi connectivity index (χ3v) is 2.81. The zero-order valence-corrected chi connectivity index (χ0v) is 12.3. The number of nitrogens with one attached hydrogen (secondary N) is 1. The first-order chi connectivity index (χ1) is 9.99. The van der Waals surface area contributed by atoms with Crippen molar-refractivity contribution < 1.29 is 14.7 Å². The number of carboxylic acids is 1. The summed E-state index contributed by atoms with van der Waals surface area (Å²) in [4.78, 5) is 24.2. The molecule has 114 valence electrons. The number of benzene rings is 1. The van der Waals surface area contributed by atoms with Crippen LogP contribution in [0.1, 0.15) is 25.3 Å². The second kappa shape index (κ2) is 8.79. The molecule has 1 aromatic carbocycles. The molecule has 0 radical (unpaired) electrons. The van der Waals surface area contributed by atoms with Gasteiger partial charge in [0, 0.05) is 26.1 Å². The van der Waals surface area contributed by atoms with Crippen LogP contribution < -0.4 is 5.32 Å². The second-order valence-corrected chi connectivity index (χ2v) is 5.03. The molecule has 5 nitrogen and oxygen atoms in total. The number of hydrogen-bond acceptors (Lipinski definition) is 2. The lowest BCUT2D eigenvalue weighted by atomic mass is 10.2. The average Bonchev–Trinajstić information content (AvgIpc) is 2.43. The summed E-state index contributed by atoms with van der Waals surface area (Å²) in [5.74, 6) is -0.854. The molecule has 0 unspecified atom stereocenters. The lowest BCUT2D eigenvalue weighted by molar-refractivity contribution is -0.137. The van der Waals surface area contributed by atoms with Gasteiger partial charge < -0.3 is 15.3 Å². The van der Waals surface area contributed by atoms with Crippen molar-refractivity contribution in [3.05, 3.63) is 48.0 Å². The molecule has 1 aromatic rings. The van der Waals surface area contributed by atoms with E-state index in [1.807, 2.05) is 37.3 Å². The maximum atomic E-state index is 12.2. The van der Waals surface area contributed by atoms with E-state index in [9.17, 15) is 9.59 Å². The second-order valence-electron chi connectivity index (χ2n) is 5.03. The highest BCUT2D eigenvalue weighted by Crippen LogP contribution is 2.07. The Kier molecular flexibility index (Phi) is 7.01. The summed E-state index contributed by atoms with van der Waals surface area (Å²) >= 11 is 0. The molecule has 21 heavy (non-hydrogen) atoms. The van der Waals surface area contributed by atoms with Gasteiger partial charge in [0.05, 0.1) is 0 Å². The summed E-state index contributed by atoms with van der Waals surface area (Å²) in [5, 5.41) is 11.3. The van der Waals surface area contributed by atoms with Crippen LogP contribution in [0.4, 0.5) is 4.79 Å². The molecule has 0 spiro atoms. The van der Waals surface area contributed by atoms with Crippen LogP contribution in [0.25, 0.3) is 0 Å². The predicted octanol–water partition coefficient (Wildman–Crippen LogP) is 2.64. The zero-order valence-electron chi connectivity index (χ0n) is 12.3. The molecule has 0 atom stereocenters. The number of carbonyl (C=O) groups is 2. The number of aliphatic carboxylic acids is 1. The molecule has 0 aromatic heterocycles. The molecule has 0 aliphatic rings. The summed E-state index contributed by atoms with van der Waals surface area (Å²) < 4.78 is 0. The topological polar surface area (TPSA) is 69.6 Å². The molecule has 0 saturated heterocycles. The number of rotatable bonds is 8. The number of carbonyl (C=O) groups excluding carboxylic acids is 1. The fourth-order valence-electron chi connectivity index (χ4n) is 1.88. The molecule has 0 heterocycles. The van der Waals surface area contributed by atoms with Gasteiger partial charge in [-0.15, -0.1) is 0 Å². The number of nitrogens with zero attached hydrogens (tertiary/aromatic N) is 1. The van der Waals surface area contributed by atoms with E-state index in [4.69, 9.17) is 5.11 Å². The minimum atomic E-state index is -0.854. The number of urea groups is 1. The van der Waals surface area contributed by atoms with Crippen LogP contribution in [-0.4, -0.2) is 35.1 Å². The van der Waals surface area contributed by atoms with E-state index in [0.29, 0.717) is 26.1 Å². The van der Waals surface area contributed by atoms with Gasteiger partial charge >= 0.3 is 12.0 Å². The van der Waals surface area contributed by atoms with E-state index in [-0.39, 0.29) is 12.5 Å². The monoisotopic (exact) mass is 290 g/mol. The highest BCUT2D eigenvalue weighted by Gasteiger charge is 2.13. The molecule has 0 saturated carbocycles. The Morgan fingerprint density at radius 3 is 2.52 bits per heavy atom. The highest BCUT2D eigenvalue weighted by molar-refractivity contribution is 5.74. The summed E-state index contributed by atoms with van der Waals surface area (Å²) in [6.07, 6.45) is 0.479. The van der Waals surface area contributed by atoms with E-state index in [2.05, 4.69) is 11.9 Å². The lowest BCUT2D eigenvalue weighted by Crippen LogP contribution is -2.40. The van der Waals surface area contributed by atoms with Gasteiger partial charge in [0.25, 0.3) is 0 Å². The molecule has 1 rings (SSSR count). The van der Waals surface area contributed by atoms with Gasteiger partial charge in [-0.25, -0.2) is 4.79 Å². The van der Waals surface area contributed by atoms with Crippen LogP contribution in [0.15, 0.2) is 42.5 Å². The number of hydrogen-bond donors (Lipinski definition) is 2.